The average Bonchev–Trinajstić information content (AvgIpc) is 2.48. The van der Waals surface area contributed by atoms with Gasteiger partial charge in [-0.15, -0.1) is 0 Å². The number of nitrogen functional groups attached to an aromatic ring is 1. The van der Waals surface area contributed by atoms with Gasteiger partial charge in [0.2, 0.25) is 10.0 Å². The molecule has 0 amide bonds. The highest BCUT2D eigenvalue weighted by molar-refractivity contribution is 7.89. The minimum atomic E-state index is -3.55. The van der Waals surface area contributed by atoms with Crippen molar-refractivity contribution >= 4 is 27.3 Å². The highest BCUT2D eigenvalue weighted by atomic mass is 35.5. The first-order valence-corrected chi connectivity index (χ1v) is 8.49. The molecule has 0 atom stereocenters. The number of rotatable bonds is 6. The maximum absolute atomic E-state index is 12.0. The van der Waals surface area contributed by atoms with E-state index in [0.717, 1.165) is 5.56 Å². The number of ether oxygens (including phenoxy) is 1. The van der Waals surface area contributed by atoms with Crippen molar-refractivity contribution in [2.24, 2.45) is 0 Å². The third-order valence-corrected chi connectivity index (χ3v) is 4.88. The molecule has 0 unspecified atom stereocenters. The molecule has 0 aliphatic heterocycles. The lowest BCUT2D eigenvalue weighted by Gasteiger charge is -2.09. The highest BCUT2D eigenvalue weighted by Crippen LogP contribution is 2.20. The Bertz CT molecular complexity index is 746. The monoisotopic (exact) mass is 340 g/mol. The standard InChI is InChI=1S/C15H17ClN2O3S/c1-11-10-13(4-7-15(11)16)21-9-8-18-22(19,20)14-5-2-12(17)3-6-14/h2-7,10,18H,8-9,17H2,1H3. The summed E-state index contributed by atoms with van der Waals surface area (Å²) in [5.41, 5.74) is 6.95. The van der Waals surface area contributed by atoms with Crippen LogP contribution in [-0.4, -0.2) is 21.6 Å². The Morgan fingerprint density at radius 2 is 1.86 bits per heavy atom. The minimum Gasteiger partial charge on any atom is -0.492 e. The average molecular weight is 341 g/mol. The number of hydrogen-bond donors (Lipinski definition) is 2. The van der Waals surface area contributed by atoms with E-state index in [4.69, 9.17) is 22.1 Å². The van der Waals surface area contributed by atoms with Gasteiger partial charge in [-0.05, 0) is 55.0 Å². The summed E-state index contributed by atoms with van der Waals surface area (Å²) in [5.74, 6) is 0.647. The van der Waals surface area contributed by atoms with E-state index >= 15 is 0 Å². The van der Waals surface area contributed by atoms with E-state index in [-0.39, 0.29) is 18.0 Å². The van der Waals surface area contributed by atoms with E-state index in [1.165, 1.54) is 12.1 Å². The fourth-order valence-corrected chi connectivity index (χ4v) is 2.91. The molecule has 3 N–H and O–H groups in total. The van der Waals surface area contributed by atoms with Gasteiger partial charge in [-0.1, -0.05) is 11.6 Å². The molecular weight excluding hydrogens is 324 g/mol. The largest absolute Gasteiger partial charge is 0.492 e. The quantitative estimate of drug-likeness (QED) is 0.625. The van der Waals surface area contributed by atoms with Crippen molar-refractivity contribution in [1.82, 2.24) is 4.72 Å². The number of anilines is 1. The van der Waals surface area contributed by atoms with Crippen molar-refractivity contribution < 1.29 is 13.2 Å². The summed E-state index contributed by atoms with van der Waals surface area (Å²) in [6, 6.07) is 11.3. The van der Waals surface area contributed by atoms with E-state index in [1.807, 2.05) is 6.92 Å². The predicted octanol–water partition coefficient (Wildman–Crippen LogP) is 2.59. The number of nitrogens with two attached hydrogens (primary N) is 1. The predicted molar refractivity (Wildman–Crippen MR) is 87.7 cm³/mol. The Morgan fingerprint density at radius 3 is 2.50 bits per heavy atom. The molecule has 0 saturated heterocycles. The summed E-state index contributed by atoms with van der Waals surface area (Å²) in [7, 11) is -3.55. The van der Waals surface area contributed by atoms with Gasteiger partial charge in [0, 0.05) is 17.3 Å². The molecule has 0 radical (unpaired) electrons. The van der Waals surface area contributed by atoms with Crippen LogP contribution >= 0.6 is 11.6 Å². The number of nitrogens with one attached hydrogen (secondary N) is 1. The van der Waals surface area contributed by atoms with Crippen molar-refractivity contribution in [3.63, 3.8) is 0 Å². The fraction of sp³-hybridized carbons (Fsp3) is 0.200. The summed E-state index contributed by atoms with van der Waals surface area (Å²) in [4.78, 5) is 0.170. The van der Waals surface area contributed by atoms with Crippen LogP contribution in [0.5, 0.6) is 5.75 Å². The maximum atomic E-state index is 12.0. The number of sulfonamides is 1. The molecule has 2 aromatic carbocycles. The smallest absolute Gasteiger partial charge is 0.240 e. The molecule has 0 saturated carbocycles. The summed E-state index contributed by atoms with van der Waals surface area (Å²) >= 11 is 5.92. The van der Waals surface area contributed by atoms with E-state index in [1.54, 1.807) is 30.3 Å². The Labute approximate surface area is 135 Å². The molecule has 7 heteroatoms. The first kappa shape index (κ1) is 16.6. The van der Waals surface area contributed by atoms with Gasteiger partial charge in [0.1, 0.15) is 12.4 Å². The second-order valence-electron chi connectivity index (χ2n) is 4.73. The first-order valence-electron chi connectivity index (χ1n) is 6.62. The molecule has 2 rings (SSSR count). The van der Waals surface area contributed by atoms with Gasteiger partial charge in [-0.25, -0.2) is 13.1 Å². The second kappa shape index (κ2) is 7.00. The minimum absolute atomic E-state index is 0.161. The number of benzene rings is 2. The van der Waals surface area contributed by atoms with Crippen molar-refractivity contribution in [3.05, 3.63) is 53.1 Å². The van der Waals surface area contributed by atoms with Crippen molar-refractivity contribution in [2.75, 3.05) is 18.9 Å². The van der Waals surface area contributed by atoms with Crippen molar-refractivity contribution in [3.8, 4) is 5.75 Å². The molecule has 0 heterocycles. The topological polar surface area (TPSA) is 81.4 Å². The second-order valence-corrected chi connectivity index (χ2v) is 6.90. The Hall–Kier alpha value is -1.76. The third-order valence-electron chi connectivity index (χ3n) is 2.98. The van der Waals surface area contributed by atoms with Crippen LogP contribution < -0.4 is 15.2 Å². The lowest BCUT2D eigenvalue weighted by Crippen LogP contribution is -2.28. The van der Waals surface area contributed by atoms with Gasteiger partial charge in [0.05, 0.1) is 4.90 Å². The van der Waals surface area contributed by atoms with Crippen LogP contribution in [0.4, 0.5) is 5.69 Å². The molecule has 0 aliphatic carbocycles. The fourth-order valence-electron chi connectivity index (χ4n) is 1.78. The van der Waals surface area contributed by atoms with Crippen molar-refractivity contribution in [2.45, 2.75) is 11.8 Å². The number of aryl methyl sites for hydroxylation is 1. The van der Waals surface area contributed by atoms with Crippen LogP contribution in [0.1, 0.15) is 5.56 Å². The SMILES string of the molecule is Cc1cc(OCCNS(=O)(=O)c2ccc(N)cc2)ccc1Cl. The summed E-state index contributed by atoms with van der Waals surface area (Å²) < 4.78 is 32.0. The van der Waals surface area contributed by atoms with Crippen LogP contribution in [0.25, 0.3) is 0 Å². The van der Waals surface area contributed by atoms with Crippen LogP contribution in [0.15, 0.2) is 47.4 Å². The summed E-state index contributed by atoms with van der Waals surface area (Å²) in [6.07, 6.45) is 0. The summed E-state index contributed by atoms with van der Waals surface area (Å²) in [5, 5.41) is 0.663. The molecule has 0 fully saturated rings. The molecule has 22 heavy (non-hydrogen) atoms. The van der Waals surface area contributed by atoms with Gasteiger partial charge in [-0.3, -0.25) is 0 Å². The zero-order valence-corrected chi connectivity index (χ0v) is 13.6. The first-order chi connectivity index (χ1) is 10.4. The van der Waals surface area contributed by atoms with Crippen molar-refractivity contribution in [1.29, 1.82) is 0 Å². The van der Waals surface area contributed by atoms with Crippen LogP contribution in [0, 0.1) is 6.92 Å². The molecule has 0 aromatic heterocycles. The lowest BCUT2D eigenvalue weighted by atomic mass is 10.2. The Balaban J connectivity index is 1.87. The van der Waals surface area contributed by atoms with Crippen LogP contribution in [-0.2, 0) is 10.0 Å². The van der Waals surface area contributed by atoms with E-state index in [2.05, 4.69) is 4.72 Å². The maximum Gasteiger partial charge on any atom is 0.240 e. The lowest BCUT2D eigenvalue weighted by molar-refractivity contribution is 0.322. The van der Waals surface area contributed by atoms with Gasteiger partial charge < -0.3 is 10.5 Å². The number of halogens is 1. The molecule has 0 aliphatic rings. The molecule has 0 bridgehead atoms. The molecule has 5 nitrogen and oxygen atoms in total. The van der Waals surface area contributed by atoms with E-state index in [9.17, 15) is 8.42 Å². The molecule has 0 spiro atoms. The Morgan fingerprint density at radius 1 is 1.18 bits per heavy atom. The summed E-state index contributed by atoms with van der Waals surface area (Å²) in [6.45, 7) is 2.25. The van der Waals surface area contributed by atoms with Crippen LogP contribution in [0.3, 0.4) is 0 Å². The van der Waals surface area contributed by atoms with Gasteiger partial charge in [0.15, 0.2) is 0 Å². The normalized spacial score (nSPS) is 11.4. The third kappa shape index (κ3) is 4.37. The van der Waals surface area contributed by atoms with Crippen LogP contribution in [0.2, 0.25) is 5.02 Å². The zero-order chi connectivity index (χ0) is 16.2. The molecule has 2 aromatic rings. The highest BCUT2D eigenvalue weighted by Gasteiger charge is 2.12. The molecule has 118 valence electrons. The van der Waals surface area contributed by atoms with Gasteiger partial charge >= 0.3 is 0 Å². The zero-order valence-electron chi connectivity index (χ0n) is 12.0. The van der Waals surface area contributed by atoms with Gasteiger partial charge in [-0.2, -0.15) is 0 Å². The van der Waals surface area contributed by atoms with E-state index in [0.29, 0.717) is 16.5 Å². The number of hydrogen-bond acceptors (Lipinski definition) is 4. The van der Waals surface area contributed by atoms with E-state index < -0.39 is 10.0 Å². The van der Waals surface area contributed by atoms with Gasteiger partial charge in [0.25, 0.3) is 0 Å². The Kier molecular flexibility index (Phi) is 5.28. The molecular formula is C15H17ClN2O3S.